The van der Waals surface area contributed by atoms with E-state index in [1.807, 2.05) is 6.07 Å². The lowest BCUT2D eigenvalue weighted by Gasteiger charge is -2.37. The first-order valence-electron chi connectivity index (χ1n) is 6.90. The normalized spacial score (nSPS) is 15.4. The molecule has 102 valence electrons. The van der Waals surface area contributed by atoms with Gasteiger partial charge in [0.1, 0.15) is 0 Å². The van der Waals surface area contributed by atoms with Crippen LogP contribution in [0.3, 0.4) is 0 Å². The fraction of sp³-hybridized carbons (Fsp3) is 0.625. The molecule has 2 unspecified atom stereocenters. The van der Waals surface area contributed by atoms with E-state index in [1.54, 1.807) is 0 Å². The molecule has 1 rings (SSSR count). The van der Waals surface area contributed by atoms with Crippen LogP contribution in [0.25, 0.3) is 0 Å². The van der Waals surface area contributed by atoms with E-state index in [1.165, 1.54) is 5.56 Å². The Kier molecular flexibility index (Phi) is 5.83. The van der Waals surface area contributed by atoms with Crippen molar-refractivity contribution in [3.63, 3.8) is 0 Å². The second-order valence-corrected chi connectivity index (χ2v) is 5.69. The van der Waals surface area contributed by atoms with Gasteiger partial charge < -0.3 is 10.1 Å². The van der Waals surface area contributed by atoms with Crippen molar-refractivity contribution in [3.8, 4) is 0 Å². The standard InChI is InChI=1S/C16H27NO/c1-6-17-15(16(3,4)5)14(18-7-2)13-11-9-8-10-12-13/h8-12,14-15,17H,6-7H2,1-5H3. The van der Waals surface area contributed by atoms with Crippen LogP contribution in [0.2, 0.25) is 0 Å². The zero-order valence-corrected chi connectivity index (χ0v) is 12.4. The average molecular weight is 249 g/mol. The minimum absolute atomic E-state index is 0.108. The van der Waals surface area contributed by atoms with Crippen molar-refractivity contribution in [3.05, 3.63) is 35.9 Å². The van der Waals surface area contributed by atoms with Crippen LogP contribution in [0.4, 0.5) is 0 Å². The Morgan fingerprint density at radius 3 is 2.17 bits per heavy atom. The van der Waals surface area contributed by atoms with Gasteiger partial charge in [-0.1, -0.05) is 58.0 Å². The highest BCUT2D eigenvalue weighted by molar-refractivity contribution is 5.20. The van der Waals surface area contributed by atoms with Crippen molar-refractivity contribution in [1.82, 2.24) is 5.32 Å². The van der Waals surface area contributed by atoms with Gasteiger partial charge in [0.2, 0.25) is 0 Å². The number of hydrogen-bond donors (Lipinski definition) is 1. The van der Waals surface area contributed by atoms with Gasteiger partial charge in [0.05, 0.1) is 6.10 Å². The SMILES string of the molecule is CCNC(C(OCC)c1ccccc1)C(C)(C)C. The molecule has 1 N–H and O–H groups in total. The van der Waals surface area contributed by atoms with Gasteiger partial charge in [-0.25, -0.2) is 0 Å². The molecule has 0 saturated carbocycles. The Morgan fingerprint density at radius 1 is 1.11 bits per heavy atom. The number of hydrogen-bond acceptors (Lipinski definition) is 2. The summed E-state index contributed by atoms with van der Waals surface area (Å²) in [5, 5.41) is 3.58. The summed E-state index contributed by atoms with van der Waals surface area (Å²) in [5.41, 5.74) is 1.41. The summed E-state index contributed by atoms with van der Waals surface area (Å²) in [4.78, 5) is 0. The van der Waals surface area contributed by atoms with Crippen molar-refractivity contribution in [2.24, 2.45) is 5.41 Å². The maximum atomic E-state index is 6.01. The third-order valence-electron chi connectivity index (χ3n) is 3.13. The zero-order chi connectivity index (χ0) is 13.6. The van der Waals surface area contributed by atoms with Gasteiger partial charge in [0, 0.05) is 12.6 Å². The Hall–Kier alpha value is -0.860. The molecule has 2 heteroatoms. The molecule has 2 nitrogen and oxygen atoms in total. The highest BCUT2D eigenvalue weighted by atomic mass is 16.5. The van der Waals surface area contributed by atoms with E-state index in [2.05, 4.69) is 64.2 Å². The van der Waals surface area contributed by atoms with Gasteiger partial charge in [-0.3, -0.25) is 0 Å². The van der Waals surface area contributed by atoms with E-state index in [9.17, 15) is 0 Å². The summed E-state index contributed by atoms with van der Waals surface area (Å²) in [6, 6.07) is 10.8. The van der Waals surface area contributed by atoms with E-state index >= 15 is 0 Å². The summed E-state index contributed by atoms with van der Waals surface area (Å²) in [6.45, 7) is 12.7. The molecule has 0 saturated heterocycles. The zero-order valence-electron chi connectivity index (χ0n) is 12.4. The fourth-order valence-corrected chi connectivity index (χ4v) is 2.29. The summed E-state index contributed by atoms with van der Waals surface area (Å²) < 4.78 is 6.01. The van der Waals surface area contributed by atoms with E-state index in [-0.39, 0.29) is 11.5 Å². The number of rotatable bonds is 6. The monoisotopic (exact) mass is 249 g/mol. The lowest BCUT2D eigenvalue weighted by molar-refractivity contribution is 0.00133. The number of likely N-dealkylation sites (N-methyl/N-ethyl adjacent to an activating group) is 1. The average Bonchev–Trinajstić information content (AvgIpc) is 2.33. The summed E-state index contributed by atoms with van der Waals surface area (Å²) in [6.07, 6.45) is 0.108. The van der Waals surface area contributed by atoms with Gasteiger partial charge in [0.25, 0.3) is 0 Å². The molecule has 0 aliphatic heterocycles. The highest BCUT2D eigenvalue weighted by Gasteiger charge is 2.32. The van der Waals surface area contributed by atoms with E-state index in [0.29, 0.717) is 6.04 Å². The van der Waals surface area contributed by atoms with E-state index in [0.717, 1.165) is 13.2 Å². The molecule has 0 aromatic heterocycles. The van der Waals surface area contributed by atoms with Gasteiger partial charge in [-0.05, 0) is 24.4 Å². The molecule has 0 aliphatic rings. The predicted molar refractivity (Wildman–Crippen MR) is 77.7 cm³/mol. The fourth-order valence-electron chi connectivity index (χ4n) is 2.29. The second kappa shape index (κ2) is 6.91. The third-order valence-corrected chi connectivity index (χ3v) is 3.13. The van der Waals surface area contributed by atoms with Gasteiger partial charge in [0.15, 0.2) is 0 Å². The summed E-state index contributed by atoms with van der Waals surface area (Å²) >= 11 is 0. The first-order chi connectivity index (χ1) is 8.50. The van der Waals surface area contributed by atoms with Crippen LogP contribution in [-0.2, 0) is 4.74 Å². The van der Waals surface area contributed by atoms with Crippen molar-refractivity contribution >= 4 is 0 Å². The Morgan fingerprint density at radius 2 is 1.72 bits per heavy atom. The molecule has 1 aromatic carbocycles. The molecule has 2 atom stereocenters. The van der Waals surface area contributed by atoms with Crippen molar-refractivity contribution in [2.75, 3.05) is 13.2 Å². The molecule has 18 heavy (non-hydrogen) atoms. The molecular weight excluding hydrogens is 222 g/mol. The highest BCUT2D eigenvalue weighted by Crippen LogP contribution is 2.32. The number of benzene rings is 1. The van der Waals surface area contributed by atoms with Crippen molar-refractivity contribution < 1.29 is 4.74 Å². The predicted octanol–water partition coefficient (Wildman–Crippen LogP) is 3.79. The molecule has 0 spiro atoms. The van der Waals surface area contributed by atoms with Gasteiger partial charge >= 0.3 is 0 Å². The molecule has 0 fully saturated rings. The Balaban J connectivity index is 3.01. The van der Waals surface area contributed by atoms with Crippen LogP contribution in [0.5, 0.6) is 0 Å². The quantitative estimate of drug-likeness (QED) is 0.828. The van der Waals surface area contributed by atoms with Crippen LogP contribution in [0.1, 0.15) is 46.3 Å². The maximum Gasteiger partial charge on any atom is 0.0982 e. The second-order valence-electron chi connectivity index (χ2n) is 5.69. The van der Waals surface area contributed by atoms with Crippen LogP contribution in [0.15, 0.2) is 30.3 Å². The minimum Gasteiger partial charge on any atom is -0.372 e. The topological polar surface area (TPSA) is 21.3 Å². The van der Waals surface area contributed by atoms with E-state index < -0.39 is 0 Å². The summed E-state index contributed by atoms with van der Waals surface area (Å²) in [5.74, 6) is 0. The molecule has 0 radical (unpaired) electrons. The van der Waals surface area contributed by atoms with Gasteiger partial charge in [-0.2, -0.15) is 0 Å². The molecule has 0 bridgehead atoms. The third kappa shape index (κ3) is 4.11. The van der Waals surface area contributed by atoms with Crippen LogP contribution >= 0.6 is 0 Å². The molecule has 1 aromatic rings. The van der Waals surface area contributed by atoms with Crippen LogP contribution in [-0.4, -0.2) is 19.2 Å². The Labute approximate surface area is 112 Å². The lowest BCUT2D eigenvalue weighted by atomic mass is 9.81. The minimum atomic E-state index is 0.108. The van der Waals surface area contributed by atoms with Gasteiger partial charge in [-0.15, -0.1) is 0 Å². The smallest absolute Gasteiger partial charge is 0.0982 e. The molecule has 0 aliphatic carbocycles. The number of nitrogens with one attached hydrogen (secondary N) is 1. The van der Waals surface area contributed by atoms with Crippen LogP contribution < -0.4 is 5.32 Å². The Bertz CT molecular complexity index is 329. The first-order valence-corrected chi connectivity index (χ1v) is 6.90. The lowest BCUT2D eigenvalue weighted by Crippen LogP contribution is -2.45. The molecule has 0 amide bonds. The van der Waals surface area contributed by atoms with E-state index in [4.69, 9.17) is 4.74 Å². The summed E-state index contributed by atoms with van der Waals surface area (Å²) in [7, 11) is 0. The number of ether oxygens (including phenoxy) is 1. The van der Waals surface area contributed by atoms with Crippen molar-refractivity contribution in [2.45, 2.75) is 46.8 Å². The maximum absolute atomic E-state index is 6.01. The van der Waals surface area contributed by atoms with Crippen molar-refractivity contribution in [1.29, 1.82) is 0 Å². The largest absolute Gasteiger partial charge is 0.372 e. The first kappa shape index (κ1) is 15.2. The molecule has 0 heterocycles. The molecular formula is C16H27NO. The van der Waals surface area contributed by atoms with Crippen LogP contribution in [0, 0.1) is 5.41 Å².